The van der Waals surface area contributed by atoms with Crippen LogP contribution in [0.3, 0.4) is 0 Å². The first-order valence-electron chi connectivity index (χ1n) is 7.41. The normalized spacial score (nSPS) is 34.2. The third-order valence-electron chi connectivity index (χ3n) is 6.21. The zero-order chi connectivity index (χ0) is 14.5. The molecule has 0 heterocycles. The monoisotopic (exact) mass is 291 g/mol. The predicted octanol–water partition coefficient (Wildman–Crippen LogP) is 4.28. The summed E-state index contributed by atoms with van der Waals surface area (Å²) in [5, 5.41) is 3.92. The van der Waals surface area contributed by atoms with Crippen LogP contribution in [0.1, 0.15) is 50.4 Å². The molecule has 1 aromatic carbocycles. The number of amides is 1. The van der Waals surface area contributed by atoms with E-state index in [9.17, 15) is 4.79 Å². The van der Waals surface area contributed by atoms with Gasteiger partial charge in [0.05, 0.1) is 0 Å². The van der Waals surface area contributed by atoms with Gasteiger partial charge in [-0.1, -0.05) is 32.4 Å². The van der Waals surface area contributed by atoms with Gasteiger partial charge in [-0.3, -0.25) is 4.79 Å². The van der Waals surface area contributed by atoms with E-state index < -0.39 is 0 Å². The summed E-state index contributed by atoms with van der Waals surface area (Å²) in [6, 6.07) is 7.40. The SMILES string of the molecule is CC1(C)[C@@H]2CC[C@]1(C)[C@@H](NC(=O)c1ccc(Cl)cc1)C2. The lowest BCUT2D eigenvalue weighted by molar-refractivity contribution is 0.0826. The second-order valence-corrected chi connectivity index (χ2v) is 7.58. The Balaban J connectivity index is 1.76. The van der Waals surface area contributed by atoms with Crippen molar-refractivity contribution >= 4 is 17.5 Å². The van der Waals surface area contributed by atoms with Crippen molar-refractivity contribution in [3.05, 3.63) is 34.9 Å². The molecule has 3 atom stereocenters. The average molecular weight is 292 g/mol. The fourth-order valence-corrected chi connectivity index (χ4v) is 4.39. The molecule has 3 rings (SSSR count). The van der Waals surface area contributed by atoms with Gasteiger partial charge >= 0.3 is 0 Å². The first-order valence-corrected chi connectivity index (χ1v) is 7.79. The molecule has 108 valence electrons. The zero-order valence-corrected chi connectivity index (χ0v) is 13.1. The van der Waals surface area contributed by atoms with Gasteiger partial charge < -0.3 is 5.32 Å². The van der Waals surface area contributed by atoms with Crippen molar-refractivity contribution in [2.24, 2.45) is 16.7 Å². The van der Waals surface area contributed by atoms with Crippen molar-refractivity contribution in [1.82, 2.24) is 5.32 Å². The Hall–Kier alpha value is -1.02. The number of carbonyl (C=O) groups is 1. The molecule has 2 aliphatic rings. The molecule has 2 aliphatic carbocycles. The first-order chi connectivity index (χ1) is 9.34. The molecule has 0 saturated heterocycles. The standard InChI is InChI=1S/C17H22ClNO/c1-16(2)12-8-9-17(16,3)14(10-12)19-15(20)11-4-6-13(18)7-5-11/h4-7,12,14H,8-10H2,1-3H3,(H,19,20)/t12-,14+,17-/m1/s1. The van der Waals surface area contributed by atoms with Crippen molar-refractivity contribution in [1.29, 1.82) is 0 Å². The lowest BCUT2D eigenvalue weighted by Gasteiger charge is -2.39. The number of benzene rings is 1. The fraction of sp³-hybridized carbons (Fsp3) is 0.588. The summed E-state index contributed by atoms with van der Waals surface area (Å²) < 4.78 is 0. The Bertz CT molecular complexity index is 536. The molecule has 0 aliphatic heterocycles. The highest BCUT2D eigenvalue weighted by Gasteiger charge is 2.61. The van der Waals surface area contributed by atoms with E-state index in [0.29, 0.717) is 22.0 Å². The molecule has 2 saturated carbocycles. The van der Waals surface area contributed by atoms with E-state index in [-0.39, 0.29) is 11.3 Å². The number of hydrogen-bond acceptors (Lipinski definition) is 1. The van der Waals surface area contributed by atoms with E-state index in [0.717, 1.165) is 12.3 Å². The van der Waals surface area contributed by atoms with Crippen LogP contribution in [-0.4, -0.2) is 11.9 Å². The van der Waals surface area contributed by atoms with Crippen LogP contribution in [0.5, 0.6) is 0 Å². The summed E-state index contributed by atoms with van der Waals surface area (Å²) in [5.41, 5.74) is 1.24. The van der Waals surface area contributed by atoms with Crippen molar-refractivity contribution in [2.45, 2.75) is 46.1 Å². The van der Waals surface area contributed by atoms with Gasteiger partial charge in [0.25, 0.3) is 5.91 Å². The number of rotatable bonds is 2. The molecule has 0 radical (unpaired) electrons. The smallest absolute Gasteiger partial charge is 0.251 e. The Morgan fingerprint density at radius 2 is 1.90 bits per heavy atom. The largest absolute Gasteiger partial charge is 0.349 e. The van der Waals surface area contributed by atoms with Gasteiger partial charge in [0.1, 0.15) is 0 Å². The topological polar surface area (TPSA) is 29.1 Å². The molecule has 1 aromatic rings. The minimum absolute atomic E-state index is 0.0243. The number of hydrogen-bond donors (Lipinski definition) is 1. The molecule has 0 unspecified atom stereocenters. The molecule has 1 amide bonds. The molecule has 2 fully saturated rings. The second-order valence-electron chi connectivity index (χ2n) is 7.14. The molecule has 0 aromatic heterocycles. The maximum absolute atomic E-state index is 12.4. The number of halogens is 1. The Morgan fingerprint density at radius 3 is 2.40 bits per heavy atom. The van der Waals surface area contributed by atoms with Crippen LogP contribution >= 0.6 is 11.6 Å². The van der Waals surface area contributed by atoms with Crippen LogP contribution in [0, 0.1) is 16.7 Å². The van der Waals surface area contributed by atoms with Gasteiger partial charge in [0.15, 0.2) is 0 Å². The molecule has 1 N–H and O–H groups in total. The Morgan fingerprint density at radius 1 is 1.25 bits per heavy atom. The zero-order valence-electron chi connectivity index (χ0n) is 12.4. The van der Waals surface area contributed by atoms with Crippen molar-refractivity contribution in [3.63, 3.8) is 0 Å². The van der Waals surface area contributed by atoms with E-state index in [4.69, 9.17) is 11.6 Å². The number of carbonyl (C=O) groups excluding carboxylic acids is 1. The molecule has 20 heavy (non-hydrogen) atoms. The number of nitrogens with one attached hydrogen (secondary N) is 1. The lowest BCUT2D eigenvalue weighted by Crippen LogP contribution is -2.46. The van der Waals surface area contributed by atoms with Gasteiger partial charge in [-0.15, -0.1) is 0 Å². The molecule has 2 nitrogen and oxygen atoms in total. The summed E-state index contributed by atoms with van der Waals surface area (Å²) in [5.74, 6) is 0.763. The Labute approximate surface area is 125 Å². The van der Waals surface area contributed by atoms with Gasteiger partial charge in [-0.25, -0.2) is 0 Å². The van der Waals surface area contributed by atoms with E-state index in [1.54, 1.807) is 24.3 Å². The predicted molar refractivity (Wildman–Crippen MR) is 81.9 cm³/mol. The summed E-state index contributed by atoms with van der Waals surface area (Å²) in [6.45, 7) is 7.06. The Kier molecular flexibility index (Phi) is 3.13. The fourth-order valence-electron chi connectivity index (χ4n) is 4.26. The van der Waals surface area contributed by atoms with E-state index >= 15 is 0 Å². The highest BCUT2D eigenvalue weighted by molar-refractivity contribution is 6.30. The third-order valence-corrected chi connectivity index (χ3v) is 6.46. The maximum Gasteiger partial charge on any atom is 0.251 e. The van der Waals surface area contributed by atoms with Crippen molar-refractivity contribution < 1.29 is 4.79 Å². The van der Waals surface area contributed by atoms with Crippen LogP contribution in [0.15, 0.2) is 24.3 Å². The molecular weight excluding hydrogens is 270 g/mol. The number of fused-ring (bicyclic) bond motifs is 2. The van der Waals surface area contributed by atoms with Crippen LogP contribution in [-0.2, 0) is 0 Å². The van der Waals surface area contributed by atoms with Gasteiger partial charge in [0, 0.05) is 16.6 Å². The maximum atomic E-state index is 12.4. The summed E-state index contributed by atoms with van der Waals surface area (Å²) in [7, 11) is 0. The summed E-state index contributed by atoms with van der Waals surface area (Å²) in [6.07, 6.45) is 3.63. The van der Waals surface area contributed by atoms with E-state index in [2.05, 4.69) is 26.1 Å². The van der Waals surface area contributed by atoms with Gasteiger partial charge in [0.2, 0.25) is 0 Å². The molecular formula is C17H22ClNO. The minimum Gasteiger partial charge on any atom is -0.349 e. The molecule has 2 bridgehead atoms. The van der Waals surface area contributed by atoms with Gasteiger partial charge in [-0.05, 0) is 60.3 Å². The van der Waals surface area contributed by atoms with Crippen LogP contribution in [0.2, 0.25) is 5.02 Å². The summed E-state index contributed by atoms with van der Waals surface area (Å²) >= 11 is 5.87. The van der Waals surface area contributed by atoms with E-state index in [1.807, 2.05) is 0 Å². The average Bonchev–Trinajstić information content (AvgIpc) is 2.72. The third kappa shape index (κ3) is 1.88. The van der Waals surface area contributed by atoms with Crippen molar-refractivity contribution in [2.75, 3.05) is 0 Å². The van der Waals surface area contributed by atoms with Crippen LogP contribution in [0.4, 0.5) is 0 Å². The minimum atomic E-state index is 0.0243. The van der Waals surface area contributed by atoms with Crippen molar-refractivity contribution in [3.8, 4) is 0 Å². The van der Waals surface area contributed by atoms with Gasteiger partial charge in [-0.2, -0.15) is 0 Å². The first kappa shape index (κ1) is 13.9. The van der Waals surface area contributed by atoms with Crippen LogP contribution in [0.25, 0.3) is 0 Å². The van der Waals surface area contributed by atoms with Crippen LogP contribution < -0.4 is 5.32 Å². The molecule has 0 spiro atoms. The quantitative estimate of drug-likeness (QED) is 0.865. The molecule has 3 heteroatoms. The highest BCUT2D eigenvalue weighted by atomic mass is 35.5. The lowest BCUT2D eigenvalue weighted by atomic mass is 9.69. The second kappa shape index (κ2) is 4.49. The summed E-state index contributed by atoms with van der Waals surface area (Å²) in [4.78, 5) is 12.4. The van der Waals surface area contributed by atoms with E-state index in [1.165, 1.54) is 12.8 Å². The highest BCUT2D eigenvalue weighted by Crippen LogP contribution is 2.65.